The van der Waals surface area contributed by atoms with Crippen LogP contribution >= 0.6 is 22.9 Å². The third-order valence-electron chi connectivity index (χ3n) is 3.33. The summed E-state index contributed by atoms with van der Waals surface area (Å²) >= 11 is 7.93. The van der Waals surface area contributed by atoms with E-state index in [4.69, 9.17) is 11.6 Å². The molecule has 1 N–H and O–H groups in total. The van der Waals surface area contributed by atoms with Gasteiger partial charge in [-0.1, -0.05) is 44.5 Å². The molecular formula is C17H22ClNS. The van der Waals surface area contributed by atoms with Crippen LogP contribution in [-0.2, 0) is 12.0 Å². The first-order valence-electron chi connectivity index (χ1n) is 6.94. The van der Waals surface area contributed by atoms with Crippen molar-refractivity contribution in [1.82, 2.24) is 5.32 Å². The average Bonchev–Trinajstić information content (AvgIpc) is 2.84. The summed E-state index contributed by atoms with van der Waals surface area (Å²) in [6.07, 6.45) is 0. The van der Waals surface area contributed by atoms with Crippen molar-refractivity contribution in [2.45, 2.75) is 45.7 Å². The fourth-order valence-corrected chi connectivity index (χ4v) is 3.24. The van der Waals surface area contributed by atoms with Crippen LogP contribution < -0.4 is 5.32 Å². The number of nitrogens with one attached hydrogen (secondary N) is 1. The highest BCUT2D eigenvalue weighted by atomic mass is 35.5. The largest absolute Gasteiger partial charge is 0.305 e. The van der Waals surface area contributed by atoms with E-state index in [2.05, 4.69) is 51.2 Å². The molecule has 3 heteroatoms. The van der Waals surface area contributed by atoms with E-state index in [0.29, 0.717) is 6.04 Å². The molecule has 0 spiro atoms. The fraction of sp³-hybridized carbons (Fsp3) is 0.412. The van der Waals surface area contributed by atoms with E-state index < -0.39 is 0 Å². The summed E-state index contributed by atoms with van der Waals surface area (Å²) < 4.78 is 0. The summed E-state index contributed by atoms with van der Waals surface area (Å²) in [5.74, 6) is 0. The van der Waals surface area contributed by atoms with Gasteiger partial charge in [0.2, 0.25) is 0 Å². The highest BCUT2D eigenvalue weighted by molar-refractivity contribution is 7.12. The Bertz CT molecular complexity index is 568. The molecule has 0 aliphatic heterocycles. The van der Waals surface area contributed by atoms with Crippen LogP contribution in [0.5, 0.6) is 0 Å². The lowest BCUT2D eigenvalue weighted by Crippen LogP contribution is -2.17. The Morgan fingerprint density at radius 2 is 1.95 bits per heavy atom. The van der Waals surface area contributed by atoms with Crippen LogP contribution in [0, 0.1) is 0 Å². The first-order valence-corrected chi connectivity index (χ1v) is 8.14. The van der Waals surface area contributed by atoms with Crippen molar-refractivity contribution in [1.29, 1.82) is 0 Å². The number of halogens is 1. The predicted molar refractivity (Wildman–Crippen MR) is 89.7 cm³/mol. The fourth-order valence-electron chi connectivity index (χ4n) is 2.02. The zero-order valence-electron chi connectivity index (χ0n) is 12.5. The quantitative estimate of drug-likeness (QED) is 0.781. The number of benzene rings is 1. The molecule has 1 heterocycles. The third-order valence-corrected chi connectivity index (χ3v) is 5.08. The summed E-state index contributed by atoms with van der Waals surface area (Å²) in [5, 5.41) is 4.35. The second-order valence-corrected chi connectivity index (χ2v) is 7.78. The number of hydrogen-bond donors (Lipinski definition) is 1. The van der Waals surface area contributed by atoms with Gasteiger partial charge in [-0.3, -0.25) is 0 Å². The molecule has 1 aromatic heterocycles. The summed E-state index contributed by atoms with van der Waals surface area (Å²) in [6.45, 7) is 9.83. The summed E-state index contributed by atoms with van der Waals surface area (Å²) in [6, 6.07) is 12.8. The first-order chi connectivity index (χ1) is 9.36. The Labute approximate surface area is 131 Å². The standard InChI is InChI=1S/C17H22ClNS/c1-12(13-6-5-7-14(18)10-13)19-11-15-8-9-16(20-15)17(2,3)4/h5-10,12,19H,11H2,1-4H3. The molecule has 1 nitrogen and oxygen atoms in total. The lowest BCUT2D eigenvalue weighted by atomic mass is 9.95. The molecule has 0 aliphatic carbocycles. The van der Waals surface area contributed by atoms with Gasteiger partial charge in [0.15, 0.2) is 0 Å². The summed E-state index contributed by atoms with van der Waals surface area (Å²) in [5.41, 5.74) is 1.46. The maximum absolute atomic E-state index is 6.03. The van der Waals surface area contributed by atoms with Crippen molar-refractivity contribution in [3.05, 3.63) is 56.7 Å². The van der Waals surface area contributed by atoms with Crippen LogP contribution in [0.15, 0.2) is 36.4 Å². The van der Waals surface area contributed by atoms with Gasteiger partial charge in [-0.15, -0.1) is 11.3 Å². The molecule has 0 fully saturated rings. The Kier molecular flexibility index (Phi) is 4.90. The van der Waals surface area contributed by atoms with Crippen LogP contribution in [0.1, 0.15) is 49.1 Å². The van der Waals surface area contributed by atoms with Crippen LogP contribution in [0.25, 0.3) is 0 Å². The van der Waals surface area contributed by atoms with Crippen LogP contribution in [0.2, 0.25) is 5.02 Å². The topological polar surface area (TPSA) is 12.0 Å². The zero-order valence-corrected chi connectivity index (χ0v) is 14.1. The first kappa shape index (κ1) is 15.6. The Morgan fingerprint density at radius 3 is 2.55 bits per heavy atom. The van der Waals surface area contributed by atoms with Crippen molar-refractivity contribution in [2.24, 2.45) is 0 Å². The van der Waals surface area contributed by atoms with Gasteiger partial charge >= 0.3 is 0 Å². The monoisotopic (exact) mass is 307 g/mol. The van der Waals surface area contributed by atoms with E-state index in [1.807, 2.05) is 29.5 Å². The second kappa shape index (κ2) is 6.30. The number of hydrogen-bond acceptors (Lipinski definition) is 2. The molecule has 0 aliphatic rings. The third kappa shape index (κ3) is 4.08. The Hall–Kier alpha value is -0.830. The molecule has 0 radical (unpaired) electrons. The van der Waals surface area contributed by atoms with Crippen molar-refractivity contribution in [3.8, 4) is 0 Å². The van der Waals surface area contributed by atoms with E-state index in [1.54, 1.807) is 0 Å². The smallest absolute Gasteiger partial charge is 0.0409 e. The zero-order chi connectivity index (χ0) is 14.8. The van der Waals surface area contributed by atoms with Gasteiger partial charge in [-0.2, -0.15) is 0 Å². The molecular weight excluding hydrogens is 286 g/mol. The van der Waals surface area contributed by atoms with Gasteiger partial charge in [0.1, 0.15) is 0 Å². The van der Waals surface area contributed by atoms with Gasteiger partial charge in [0.25, 0.3) is 0 Å². The van der Waals surface area contributed by atoms with E-state index >= 15 is 0 Å². The predicted octanol–water partition coefficient (Wildman–Crippen LogP) is 5.55. The van der Waals surface area contributed by atoms with E-state index in [1.165, 1.54) is 15.3 Å². The highest BCUT2D eigenvalue weighted by Gasteiger charge is 2.16. The average molecular weight is 308 g/mol. The summed E-state index contributed by atoms with van der Waals surface area (Å²) in [7, 11) is 0. The molecule has 108 valence electrons. The van der Waals surface area contributed by atoms with E-state index in [0.717, 1.165) is 11.6 Å². The molecule has 1 unspecified atom stereocenters. The minimum absolute atomic E-state index is 0.238. The van der Waals surface area contributed by atoms with Crippen molar-refractivity contribution in [2.75, 3.05) is 0 Å². The minimum atomic E-state index is 0.238. The molecule has 2 aromatic rings. The van der Waals surface area contributed by atoms with Gasteiger partial charge in [-0.05, 0) is 42.2 Å². The van der Waals surface area contributed by atoms with Crippen LogP contribution in [0.4, 0.5) is 0 Å². The lowest BCUT2D eigenvalue weighted by molar-refractivity contribution is 0.579. The van der Waals surface area contributed by atoms with Gasteiger partial charge in [0.05, 0.1) is 0 Å². The molecule has 0 saturated heterocycles. The van der Waals surface area contributed by atoms with Crippen molar-refractivity contribution < 1.29 is 0 Å². The molecule has 1 aromatic carbocycles. The molecule has 0 amide bonds. The highest BCUT2D eigenvalue weighted by Crippen LogP contribution is 2.29. The number of rotatable bonds is 4. The molecule has 2 rings (SSSR count). The van der Waals surface area contributed by atoms with Crippen LogP contribution in [-0.4, -0.2) is 0 Å². The van der Waals surface area contributed by atoms with Gasteiger partial charge < -0.3 is 5.32 Å². The Morgan fingerprint density at radius 1 is 1.20 bits per heavy atom. The normalized spacial score (nSPS) is 13.4. The molecule has 0 saturated carbocycles. The molecule has 1 atom stereocenters. The van der Waals surface area contributed by atoms with Gasteiger partial charge in [0, 0.05) is 27.4 Å². The lowest BCUT2D eigenvalue weighted by Gasteiger charge is -2.16. The van der Waals surface area contributed by atoms with Crippen LogP contribution in [0.3, 0.4) is 0 Å². The molecule has 0 bridgehead atoms. The Balaban J connectivity index is 1.97. The second-order valence-electron chi connectivity index (χ2n) is 6.17. The van der Waals surface area contributed by atoms with Crippen molar-refractivity contribution >= 4 is 22.9 Å². The van der Waals surface area contributed by atoms with E-state index in [-0.39, 0.29) is 5.41 Å². The SMILES string of the molecule is CC(NCc1ccc(C(C)(C)C)s1)c1cccc(Cl)c1. The molecule has 20 heavy (non-hydrogen) atoms. The minimum Gasteiger partial charge on any atom is -0.305 e. The van der Waals surface area contributed by atoms with E-state index in [9.17, 15) is 0 Å². The number of thiophene rings is 1. The van der Waals surface area contributed by atoms with Gasteiger partial charge in [-0.25, -0.2) is 0 Å². The van der Waals surface area contributed by atoms with Crippen molar-refractivity contribution in [3.63, 3.8) is 0 Å². The maximum atomic E-state index is 6.03. The summed E-state index contributed by atoms with van der Waals surface area (Å²) in [4.78, 5) is 2.81. The maximum Gasteiger partial charge on any atom is 0.0409 e.